The number of benzene rings is 1. The number of aryl methyl sites for hydroxylation is 1. The fourth-order valence-corrected chi connectivity index (χ4v) is 1.35. The lowest BCUT2D eigenvalue weighted by Crippen LogP contribution is -2.01. The van der Waals surface area contributed by atoms with E-state index < -0.39 is 0 Å². The van der Waals surface area contributed by atoms with E-state index in [1.54, 1.807) is 6.07 Å². The van der Waals surface area contributed by atoms with Gasteiger partial charge in [0.1, 0.15) is 5.75 Å². The molecular weight excluding hydrogens is 160 g/mol. The molecule has 0 saturated heterocycles. The molecule has 0 fully saturated rings. The summed E-state index contributed by atoms with van der Waals surface area (Å²) in [6, 6.07) is 5.86. The predicted molar refractivity (Wildman–Crippen MR) is 56.1 cm³/mol. The van der Waals surface area contributed by atoms with Crippen LogP contribution in [0, 0.1) is 12.8 Å². The van der Waals surface area contributed by atoms with E-state index >= 15 is 0 Å². The Kier molecular flexibility index (Phi) is 2.97. The fraction of sp³-hybridized carbons (Fsp3) is 0.500. The lowest BCUT2D eigenvalue weighted by molar-refractivity contribution is 0.469. The molecule has 0 aliphatic carbocycles. The quantitative estimate of drug-likeness (QED) is 0.735. The van der Waals surface area contributed by atoms with Crippen molar-refractivity contribution in [2.24, 2.45) is 5.92 Å². The van der Waals surface area contributed by atoms with Gasteiger partial charge in [-0.25, -0.2) is 0 Å². The first-order valence-electron chi connectivity index (χ1n) is 4.82. The first kappa shape index (κ1) is 10.1. The van der Waals surface area contributed by atoms with Gasteiger partial charge in [0, 0.05) is 0 Å². The molecule has 1 unspecified atom stereocenters. The maximum atomic E-state index is 9.36. The van der Waals surface area contributed by atoms with Gasteiger partial charge in [-0.3, -0.25) is 0 Å². The standard InChI is InChI=1S/C12H18O/c1-8(2)10(4)11-5-6-12(13)9(3)7-11/h5-8,10,13H,1-4H3. The van der Waals surface area contributed by atoms with E-state index in [4.69, 9.17) is 0 Å². The molecule has 0 heterocycles. The van der Waals surface area contributed by atoms with Crippen molar-refractivity contribution in [3.8, 4) is 5.75 Å². The summed E-state index contributed by atoms with van der Waals surface area (Å²) >= 11 is 0. The molecule has 1 heteroatoms. The molecule has 72 valence electrons. The van der Waals surface area contributed by atoms with Gasteiger partial charge in [-0.15, -0.1) is 0 Å². The second-order valence-corrected chi connectivity index (χ2v) is 4.08. The van der Waals surface area contributed by atoms with Crippen LogP contribution >= 0.6 is 0 Å². The van der Waals surface area contributed by atoms with Crippen LogP contribution in [0.5, 0.6) is 5.75 Å². The molecule has 1 aromatic rings. The summed E-state index contributed by atoms with van der Waals surface area (Å²) < 4.78 is 0. The topological polar surface area (TPSA) is 20.2 Å². The molecule has 0 aromatic heterocycles. The third-order valence-corrected chi connectivity index (χ3v) is 2.75. The summed E-state index contributed by atoms with van der Waals surface area (Å²) in [7, 11) is 0. The zero-order valence-electron chi connectivity index (χ0n) is 8.83. The first-order chi connectivity index (χ1) is 6.02. The van der Waals surface area contributed by atoms with Crippen molar-refractivity contribution < 1.29 is 5.11 Å². The number of phenolic OH excluding ortho intramolecular Hbond substituents is 1. The van der Waals surface area contributed by atoms with Gasteiger partial charge < -0.3 is 5.11 Å². The zero-order valence-corrected chi connectivity index (χ0v) is 8.83. The van der Waals surface area contributed by atoms with Crippen LogP contribution in [-0.4, -0.2) is 5.11 Å². The average Bonchev–Trinajstić information content (AvgIpc) is 2.08. The van der Waals surface area contributed by atoms with Crippen LogP contribution in [0.1, 0.15) is 37.8 Å². The van der Waals surface area contributed by atoms with Crippen LogP contribution < -0.4 is 0 Å². The average molecular weight is 178 g/mol. The fourth-order valence-electron chi connectivity index (χ4n) is 1.35. The van der Waals surface area contributed by atoms with Crippen molar-refractivity contribution in [3.05, 3.63) is 29.3 Å². The second kappa shape index (κ2) is 3.82. The number of hydrogen-bond donors (Lipinski definition) is 1. The number of hydrogen-bond acceptors (Lipinski definition) is 1. The van der Waals surface area contributed by atoms with E-state index in [9.17, 15) is 5.11 Å². The van der Waals surface area contributed by atoms with Crippen molar-refractivity contribution in [3.63, 3.8) is 0 Å². The van der Waals surface area contributed by atoms with Crippen LogP contribution in [0.15, 0.2) is 18.2 Å². The van der Waals surface area contributed by atoms with E-state index in [-0.39, 0.29) is 0 Å². The molecule has 0 amide bonds. The largest absolute Gasteiger partial charge is 0.508 e. The second-order valence-electron chi connectivity index (χ2n) is 4.08. The molecule has 1 rings (SSSR count). The highest BCUT2D eigenvalue weighted by Crippen LogP contribution is 2.27. The van der Waals surface area contributed by atoms with Crippen LogP contribution in [0.2, 0.25) is 0 Å². The molecular formula is C12H18O. The van der Waals surface area contributed by atoms with Gasteiger partial charge in [0.25, 0.3) is 0 Å². The number of phenols is 1. The van der Waals surface area contributed by atoms with Crippen molar-refractivity contribution in [2.45, 2.75) is 33.6 Å². The third-order valence-electron chi connectivity index (χ3n) is 2.75. The first-order valence-corrected chi connectivity index (χ1v) is 4.82. The lowest BCUT2D eigenvalue weighted by Gasteiger charge is -2.16. The van der Waals surface area contributed by atoms with E-state index in [2.05, 4.69) is 26.8 Å². The van der Waals surface area contributed by atoms with Crippen molar-refractivity contribution in [2.75, 3.05) is 0 Å². The van der Waals surface area contributed by atoms with Crippen LogP contribution in [-0.2, 0) is 0 Å². The predicted octanol–water partition coefficient (Wildman–Crippen LogP) is 3.46. The number of rotatable bonds is 2. The summed E-state index contributed by atoms with van der Waals surface area (Å²) in [5.74, 6) is 1.59. The summed E-state index contributed by atoms with van der Waals surface area (Å²) in [4.78, 5) is 0. The molecule has 0 bridgehead atoms. The molecule has 0 aliphatic heterocycles. The Labute approximate surface area is 80.4 Å². The summed E-state index contributed by atoms with van der Waals surface area (Å²) in [6.45, 7) is 8.59. The van der Waals surface area contributed by atoms with E-state index in [0.29, 0.717) is 17.6 Å². The molecule has 1 nitrogen and oxygen atoms in total. The highest BCUT2D eigenvalue weighted by Gasteiger charge is 2.10. The Balaban J connectivity index is 2.97. The molecule has 0 radical (unpaired) electrons. The maximum Gasteiger partial charge on any atom is 0.118 e. The van der Waals surface area contributed by atoms with Crippen LogP contribution in [0.25, 0.3) is 0 Å². The van der Waals surface area contributed by atoms with Gasteiger partial charge in [-0.1, -0.05) is 32.9 Å². The molecule has 0 spiro atoms. The van der Waals surface area contributed by atoms with Gasteiger partial charge in [-0.05, 0) is 36.0 Å². The van der Waals surface area contributed by atoms with Crippen molar-refractivity contribution in [1.82, 2.24) is 0 Å². The Bertz CT molecular complexity index is 289. The van der Waals surface area contributed by atoms with Gasteiger partial charge >= 0.3 is 0 Å². The molecule has 0 saturated carbocycles. The minimum Gasteiger partial charge on any atom is -0.508 e. The lowest BCUT2D eigenvalue weighted by atomic mass is 9.89. The molecule has 1 atom stereocenters. The van der Waals surface area contributed by atoms with E-state index in [1.165, 1.54) is 5.56 Å². The summed E-state index contributed by atoms with van der Waals surface area (Å²) in [5, 5.41) is 9.36. The van der Waals surface area contributed by atoms with Gasteiger partial charge in [0.05, 0.1) is 0 Å². The van der Waals surface area contributed by atoms with Gasteiger partial charge in [-0.2, -0.15) is 0 Å². The van der Waals surface area contributed by atoms with E-state index in [1.807, 2.05) is 13.0 Å². The van der Waals surface area contributed by atoms with E-state index in [0.717, 1.165) is 5.56 Å². The van der Waals surface area contributed by atoms with Crippen molar-refractivity contribution >= 4 is 0 Å². The highest BCUT2D eigenvalue weighted by atomic mass is 16.3. The Morgan fingerprint density at radius 1 is 1.15 bits per heavy atom. The Morgan fingerprint density at radius 3 is 2.23 bits per heavy atom. The monoisotopic (exact) mass is 178 g/mol. The minimum atomic E-state index is 0.389. The third kappa shape index (κ3) is 2.24. The van der Waals surface area contributed by atoms with Crippen molar-refractivity contribution in [1.29, 1.82) is 0 Å². The smallest absolute Gasteiger partial charge is 0.118 e. The number of aromatic hydroxyl groups is 1. The minimum absolute atomic E-state index is 0.389. The summed E-state index contributed by atoms with van der Waals surface area (Å²) in [6.07, 6.45) is 0. The molecule has 0 aliphatic rings. The van der Waals surface area contributed by atoms with Gasteiger partial charge in [0.15, 0.2) is 0 Å². The van der Waals surface area contributed by atoms with Gasteiger partial charge in [0.2, 0.25) is 0 Å². The Morgan fingerprint density at radius 2 is 1.77 bits per heavy atom. The zero-order chi connectivity index (χ0) is 10.0. The summed E-state index contributed by atoms with van der Waals surface area (Å²) in [5.41, 5.74) is 2.27. The van der Waals surface area contributed by atoms with Crippen LogP contribution in [0.3, 0.4) is 0 Å². The highest BCUT2D eigenvalue weighted by molar-refractivity contribution is 5.36. The maximum absolute atomic E-state index is 9.36. The Hall–Kier alpha value is -0.980. The molecule has 1 aromatic carbocycles. The normalized spacial score (nSPS) is 13.3. The van der Waals surface area contributed by atoms with Crippen LogP contribution in [0.4, 0.5) is 0 Å². The molecule has 1 N–H and O–H groups in total. The SMILES string of the molecule is Cc1cc(C(C)C(C)C)ccc1O. The molecule has 13 heavy (non-hydrogen) atoms.